The van der Waals surface area contributed by atoms with Crippen LogP contribution in [0.3, 0.4) is 0 Å². The second kappa shape index (κ2) is 7.06. The van der Waals surface area contributed by atoms with E-state index < -0.39 is 0 Å². The zero-order valence-electron chi connectivity index (χ0n) is 14.2. The third-order valence-electron chi connectivity index (χ3n) is 4.07. The Morgan fingerprint density at radius 2 is 2.07 bits per heavy atom. The van der Waals surface area contributed by atoms with Crippen molar-refractivity contribution in [2.45, 2.75) is 4.90 Å². The highest BCUT2D eigenvalue weighted by molar-refractivity contribution is 8.04. The molecule has 0 saturated carbocycles. The van der Waals surface area contributed by atoms with Crippen LogP contribution in [0.2, 0.25) is 5.02 Å². The van der Waals surface area contributed by atoms with E-state index in [0.717, 1.165) is 10.6 Å². The summed E-state index contributed by atoms with van der Waals surface area (Å²) in [5, 5.41) is 14.0. The second-order valence-corrected chi connectivity index (χ2v) is 7.25. The van der Waals surface area contributed by atoms with Crippen LogP contribution in [0.25, 0.3) is 5.70 Å². The van der Waals surface area contributed by atoms with Crippen LogP contribution >= 0.6 is 23.4 Å². The Labute approximate surface area is 164 Å². The zero-order chi connectivity index (χ0) is 19.0. The first-order chi connectivity index (χ1) is 13.1. The number of thioether (sulfide) groups is 1. The highest BCUT2D eigenvalue weighted by Crippen LogP contribution is 2.46. The topological polar surface area (TPSA) is 71.7 Å². The molecule has 0 atom stereocenters. The van der Waals surface area contributed by atoms with Gasteiger partial charge in [0.15, 0.2) is 5.76 Å². The number of Topliss-reactive ketones (excluding diaryl/α,β-unsaturated/α-hetero) is 1. The van der Waals surface area contributed by atoms with Crippen molar-refractivity contribution < 1.29 is 19.1 Å². The number of rotatable bonds is 4. The lowest BCUT2D eigenvalue weighted by Gasteiger charge is -2.24. The predicted molar refractivity (Wildman–Crippen MR) is 106 cm³/mol. The average Bonchev–Trinajstić information content (AvgIpc) is 3.22. The molecule has 5 nitrogen and oxygen atoms in total. The van der Waals surface area contributed by atoms with Crippen molar-refractivity contribution in [3.8, 4) is 11.5 Å². The van der Waals surface area contributed by atoms with Crippen molar-refractivity contribution in [1.82, 2.24) is 0 Å². The summed E-state index contributed by atoms with van der Waals surface area (Å²) in [5.41, 5.74) is 1.71. The van der Waals surface area contributed by atoms with Crippen LogP contribution in [0.4, 0.5) is 5.69 Å². The van der Waals surface area contributed by atoms with Gasteiger partial charge in [0.2, 0.25) is 5.78 Å². The van der Waals surface area contributed by atoms with Gasteiger partial charge in [-0.15, -0.1) is 0 Å². The van der Waals surface area contributed by atoms with Crippen LogP contribution < -0.4 is 10.1 Å². The fourth-order valence-electron chi connectivity index (χ4n) is 2.75. The highest BCUT2D eigenvalue weighted by atomic mass is 35.5. The number of carbonyl (C=O) groups excluding carboxylic acids is 1. The molecule has 0 amide bonds. The monoisotopic (exact) mass is 399 g/mol. The standard InChI is InChI=1S/C20H14ClNO4S/c1-25-12-5-6-14-17(10-12)27-20(19(24)16-3-2-8-26-16)18(22-14)13-9-11(21)4-7-15(13)23/h2-10,22-23H,1H3. The smallest absolute Gasteiger partial charge is 0.236 e. The van der Waals surface area contributed by atoms with Gasteiger partial charge in [0.05, 0.1) is 29.7 Å². The number of anilines is 1. The number of nitrogens with one attached hydrogen (secondary N) is 1. The molecule has 1 aliphatic rings. The Hall–Kier alpha value is -2.83. The number of furan rings is 1. The van der Waals surface area contributed by atoms with Gasteiger partial charge in [0.25, 0.3) is 0 Å². The molecule has 4 rings (SSSR count). The molecule has 3 aromatic rings. The number of allylic oxidation sites excluding steroid dienone is 1. The van der Waals surface area contributed by atoms with Crippen molar-refractivity contribution in [3.05, 3.63) is 76.0 Å². The molecule has 0 fully saturated rings. The van der Waals surface area contributed by atoms with Gasteiger partial charge in [-0.05, 0) is 48.5 Å². The minimum absolute atomic E-state index is 0.0178. The van der Waals surface area contributed by atoms with E-state index in [2.05, 4.69) is 5.32 Å². The molecule has 1 aromatic heterocycles. The minimum atomic E-state index is -0.291. The molecule has 0 spiro atoms. The number of phenols is 1. The number of ether oxygens (including phenoxy) is 1. The van der Waals surface area contributed by atoms with Crippen LogP contribution in [0.15, 0.2) is 69.0 Å². The van der Waals surface area contributed by atoms with Gasteiger partial charge in [0, 0.05) is 15.5 Å². The lowest BCUT2D eigenvalue weighted by atomic mass is 10.1. The summed E-state index contributed by atoms with van der Waals surface area (Å²) in [4.78, 5) is 14.3. The van der Waals surface area contributed by atoms with Gasteiger partial charge in [-0.25, -0.2) is 0 Å². The maximum atomic E-state index is 13.0. The highest BCUT2D eigenvalue weighted by Gasteiger charge is 2.28. The van der Waals surface area contributed by atoms with E-state index in [1.807, 2.05) is 18.2 Å². The van der Waals surface area contributed by atoms with Crippen molar-refractivity contribution in [1.29, 1.82) is 0 Å². The molecule has 27 heavy (non-hydrogen) atoms. The van der Waals surface area contributed by atoms with Crippen LogP contribution in [0.5, 0.6) is 11.5 Å². The van der Waals surface area contributed by atoms with E-state index in [-0.39, 0.29) is 17.3 Å². The second-order valence-electron chi connectivity index (χ2n) is 5.76. The first-order valence-corrected chi connectivity index (χ1v) is 9.20. The molecule has 0 aliphatic carbocycles. The van der Waals surface area contributed by atoms with Crippen molar-refractivity contribution in [3.63, 3.8) is 0 Å². The summed E-state index contributed by atoms with van der Waals surface area (Å²) in [6.07, 6.45) is 1.45. The molecule has 7 heteroatoms. The van der Waals surface area contributed by atoms with Gasteiger partial charge in [-0.3, -0.25) is 4.79 Å². The average molecular weight is 400 g/mol. The Morgan fingerprint density at radius 3 is 2.81 bits per heavy atom. The van der Waals surface area contributed by atoms with E-state index in [0.29, 0.717) is 26.9 Å². The minimum Gasteiger partial charge on any atom is -0.507 e. The number of phenolic OH excluding ortho intramolecular Hbond substituents is 1. The number of benzene rings is 2. The lowest BCUT2D eigenvalue weighted by molar-refractivity contribution is 0.101. The summed E-state index contributed by atoms with van der Waals surface area (Å²) >= 11 is 7.40. The van der Waals surface area contributed by atoms with Gasteiger partial charge in [-0.1, -0.05) is 23.4 Å². The number of methoxy groups -OCH3 is 1. The summed E-state index contributed by atoms with van der Waals surface area (Å²) in [7, 11) is 1.59. The van der Waals surface area contributed by atoms with Crippen LogP contribution in [0.1, 0.15) is 16.1 Å². The molecule has 0 saturated heterocycles. The number of halogens is 1. The third-order valence-corrected chi connectivity index (χ3v) is 5.45. The van der Waals surface area contributed by atoms with Gasteiger partial charge in [0.1, 0.15) is 11.5 Å². The Kier molecular flexibility index (Phi) is 4.59. The molecule has 0 radical (unpaired) electrons. The summed E-state index contributed by atoms with van der Waals surface area (Å²) in [6, 6.07) is 13.5. The Bertz CT molecular complexity index is 1060. The normalized spacial score (nSPS) is 13.1. The van der Waals surface area contributed by atoms with Crippen LogP contribution in [-0.2, 0) is 0 Å². The molecule has 0 unspecified atom stereocenters. The largest absolute Gasteiger partial charge is 0.507 e. The number of fused-ring (bicyclic) bond motifs is 1. The molecular weight excluding hydrogens is 386 g/mol. The van der Waals surface area contributed by atoms with E-state index in [1.54, 1.807) is 31.4 Å². The van der Waals surface area contributed by atoms with Gasteiger partial charge < -0.3 is 19.6 Å². The fraction of sp³-hybridized carbons (Fsp3) is 0.0500. The molecule has 2 aromatic carbocycles. The predicted octanol–water partition coefficient (Wildman–Crippen LogP) is 5.42. The number of hydrogen-bond donors (Lipinski definition) is 2. The van der Waals surface area contributed by atoms with Gasteiger partial charge >= 0.3 is 0 Å². The number of hydrogen-bond acceptors (Lipinski definition) is 6. The number of carbonyl (C=O) groups is 1. The SMILES string of the molecule is COc1ccc2c(c1)SC(C(=O)c1ccco1)=C(c1cc(Cl)ccc1O)N2. The molecule has 0 bridgehead atoms. The van der Waals surface area contributed by atoms with Crippen molar-refractivity contribution >= 4 is 40.5 Å². The van der Waals surface area contributed by atoms with Crippen molar-refractivity contribution in [2.75, 3.05) is 12.4 Å². The summed E-state index contributed by atoms with van der Waals surface area (Å²) in [5.74, 6) is 0.621. The molecule has 2 heterocycles. The summed E-state index contributed by atoms with van der Waals surface area (Å²) in [6.45, 7) is 0. The lowest BCUT2D eigenvalue weighted by Crippen LogP contribution is -2.13. The maximum absolute atomic E-state index is 13.0. The van der Waals surface area contributed by atoms with E-state index >= 15 is 0 Å². The van der Waals surface area contributed by atoms with Crippen molar-refractivity contribution in [2.24, 2.45) is 0 Å². The first-order valence-electron chi connectivity index (χ1n) is 8.01. The summed E-state index contributed by atoms with van der Waals surface area (Å²) < 4.78 is 10.6. The number of aromatic hydroxyl groups is 1. The van der Waals surface area contributed by atoms with E-state index in [4.69, 9.17) is 20.8 Å². The quantitative estimate of drug-likeness (QED) is 0.571. The van der Waals surface area contributed by atoms with E-state index in [1.165, 1.54) is 24.1 Å². The van der Waals surface area contributed by atoms with Gasteiger partial charge in [-0.2, -0.15) is 0 Å². The Balaban J connectivity index is 1.88. The Morgan fingerprint density at radius 1 is 1.22 bits per heavy atom. The molecular formula is C20H14ClNO4S. The molecule has 136 valence electrons. The molecule has 1 aliphatic heterocycles. The van der Waals surface area contributed by atoms with Crippen LogP contribution in [-0.4, -0.2) is 18.0 Å². The zero-order valence-corrected chi connectivity index (χ0v) is 15.7. The molecule has 2 N–H and O–H groups in total. The number of ketones is 1. The third kappa shape index (κ3) is 3.29. The van der Waals surface area contributed by atoms with Crippen LogP contribution in [0, 0.1) is 0 Å². The first kappa shape index (κ1) is 17.6. The fourth-order valence-corrected chi connectivity index (χ4v) is 4.00. The maximum Gasteiger partial charge on any atom is 0.236 e. The van der Waals surface area contributed by atoms with E-state index in [9.17, 15) is 9.90 Å².